The molecule has 12 heteroatoms. The van der Waals surface area contributed by atoms with Crippen molar-refractivity contribution in [2.45, 2.75) is 64.8 Å². The summed E-state index contributed by atoms with van der Waals surface area (Å²) < 4.78 is 67.2. The monoisotopic (exact) mass is 486 g/mol. The van der Waals surface area contributed by atoms with Gasteiger partial charge in [0.15, 0.2) is 11.6 Å². The van der Waals surface area contributed by atoms with Gasteiger partial charge in [-0.3, -0.25) is 0 Å². The molecule has 2 heterocycles. The number of aromatic nitrogens is 2. The highest BCUT2D eigenvalue weighted by Gasteiger charge is 2.42. The van der Waals surface area contributed by atoms with Crippen molar-refractivity contribution < 1.29 is 36.6 Å². The quantitative estimate of drug-likeness (QED) is 0.538. The topological polar surface area (TPSA) is 85.8 Å². The minimum atomic E-state index is -4.82. The zero-order valence-corrected chi connectivity index (χ0v) is 19.3. The Morgan fingerprint density at radius 3 is 2.59 bits per heavy atom. The molecule has 8 nitrogen and oxygen atoms in total. The van der Waals surface area contributed by atoms with Gasteiger partial charge in [-0.2, -0.15) is 4.98 Å². The molecule has 0 unspecified atom stereocenters. The Kier molecular flexibility index (Phi) is 7.20. The number of anilines is 2. The van der Waals surface area contributed by atoms with Crippen LogP contribution in [0.4, 0.5) is 34.1 Å². The second kappa shape index (κ2) is 9.61. The fraction of sp³-hybridized carbons (Fsp3) is 0.500. The molecule has 1 aliphatic heterocycles. The van der Waals surface area contributed by atoms with E-state index >= 15 is 0 Å². The molecule has 1 amide bonds. The molecule has 34 heavy (non-hydrogen) atoms. The number of ether oxygens (including phenoxy) is 3. The third-order valence-corrected chi connectivity index (χ3v) is 4.88. The first kappa shape index (κ1) is 25.5. The number of rotatable bonds is 7. The standard InChI is InChI=1S/C22H26F4N4O4/c1-12(14-7-6-8-15(9-14)34-22(24,25)26)28-19-27-10-16(23)18(29-19)30-17(11-32-20(30)31)13(2)33-21(3,4)5/h6-10,12-13,17H,11H2,1-5H3,(H,27,28,29)/t12-,13+,17+/m0/s1. The summed E-state index contributed by atoms with van der Waals surface area (Å²) in [6, 6.07) is 4.19. The molecule has 1 N–H and O–H groups in total. The minimum absolute atomic E-state index is 0.00924. The van der Waals surface area contributed by atoms with Crippen LogP contribution >= 0.6 is 0 Å². The van der Waals surface area contributed by atoms with Crippen LogP contribution in [0, 0.1) is 5.82 Å². The van der Waals surface area contributed by atoms with Crippen LogP contribution in [0.2, 0.25) is 0 Å². The Bertz CT molecular complexity index is 1030. The summed E-state index contributed by atoms with van der Waals surface area (Å²) in [5.74, 6) is -1.55. The van der Waals surface area contributed by atoms with Crippen LogP contribution in [-0.2, 0) is 9.47 Å². The van der Waals surface area contributed by atoms with Gasteiger partial charge in [0, 0.05) is 0 Å². The molecule has 1 aliphatic rings. The van der Waals surface area contributed by atoms with E-state index in [0.29, 0.717) is 5.56 Å². The van der Waals surface area contributed by atoms with Crippen molar-refractivity contribution in [3.8, 4) is 5.75 Å². The summed E-state index contributed by atoms with van der Waals surface area (Å²) in [7, 11) is 0. The number of halogens is 4. The number of nitrogens with zero attached hydrogens (tertiary/aromatic N) is 3. The van der Waals surface area contributed by atoms with E-state index in [1.807, 2.05) is 20.8 Å². The van der Waals surface area contributed by atoms with Crippen molar-refractivity contribution in [3.63, 3.8) is 0 Å². The molecule has 1 fully saturated rings. The van der Waals surface area contributed by atoms with Crippen LogP contribution in [0.3, 0.4) is 0 Å². The van der Waals surface area contributed by atoms with Crippen molar-refractivity contribution in [2.75, 3.05) is 16.8 Å². The average Bonchev–Trinajstić information content (AvgIpc) is 3.08. The van der Waals surface area contributed by atoms with Gasteiger partial charge in [-0.15, -0.1) is 13.2 Å². The number of benzene rings is 1. The zero-order valence-electron chi connectivity index (χ0n) is 19.3. The first-order valence-corrected chi connectivity index (χ1v) is 10.5. The number of hydrogen-bond donors (Lipinski definition) is 1. The number of amides is 1. The van der Waals surface area contributed by atoms with Gasteiger partial charge in [0.25, 0.3) is 0 Å². The summed E-state index contributed by atoms with van der Waals surface area (Å²) >= 11 is 0. The number of hydrogen-bond acceptors (Lipinski definition) is 7. The summed E-state index contributed by atoms with van der Waals surface area (Å²) in [5.41, 5.74) is -0.0603. The molecule has 2 aromatic rings. The number of carbonyl (C=O) groups excluding carboxylic acids is 1. The van der Waals surface area contributed by atoms with Crippen LogP contribution in [-0.4, -0.2) is 46.8 Å². The van der Waals surface area contributed by atoms with Gasteiger partial charge in [0.2, 0.25) is 5.95 Å². The summed E-state index contributed by atoms with van der Waals surface area (Å²) in [5, 5.41) is 2.90. The Morgan fingerprint density at radius 2 is 1.94 bits per heavy atom. The summed E-state index contributed by atoms with van der Waals surface area (Å²) in [6.07, 6.45) is -5.19. The zero-order chi connectivity index (χ0) is 25.3. The van der Waals surface area contributed by atoms with Gasteiger partial charge in [-0.05, 0) is 52.3 Å². The predicted molar refractivity (Wildman–Crippen MR) is 115 cm³/mol. The van der Waals surface area contributed by atoms with E-state index in [-0.39, 0.29) is 24.1 Å². The SMILES string of the molecule is C[C@H](Nc1ncc(F)c(N2C(=O)OC[C@@H]2[C@@H](C)OC(C)(C)C)n1)c1cccc(OC(F)(F)F)c1. The Balaban J connectivity index is 1.82. The minimum Gasteiger partial charge on any atom is -0.447 e. The molecule has 186 valence electrons. The molecule has 1 saturated heterocycles. The predicted octanol–water partition coefficient (Wildman–Crippen LogP) is 5.22. The van der Waals surface area contributed by atoms with Crippen molar-refractivity contribution in [3.05, 3.63) is 41.8 Å². The lowest BCUT2D eigenvalue weighted by Crippen LogP contribution is -2.45. The maximum Gasteiger partial charge on any atom is 0.573 e. The van der Waals surface area contributed by atoms with Gasteiger partial charge in [0.1, 0.15) is 18.4 Å². The van der Waals surface area contributed by atoms with Gasteiger partial charge in [-0.25, -0.2) is 19.1 Å². The molecule has 3 atom stereocenters. The molecule has 0 spiro atoms. The third-order valence-electron chi connectivity index (χ3n) is 4.88. The van der Waals surface area contributed by atoms with E-state index in [1.165, 1.54) is 18.2 Å². The lowest BCUT2D eigenvalue weighted by molar-refractivity contribution is -0.274. The first-order chi connectivity index (χ1) is 15.7. The van der Waals surface area contributed by atoms with Crippen LogP contribution < -0.4 is 15.0 Å². The van der Waals surface area contributed by atoms with Gasteiger partial charge < -0.3 is 19.5 Å². The van der Waals surface area contributed by atoms with E-state index in [2.05, 4.69) is 20.0 Å². The van der Waals surface area contributed by atoms with Crippen molar-refractivity contribution in [1.82, 2.24) is 9.97 Å². The van der Waals surface area contributed by atoms with Crippen molar-refractivity contribution >= 4 is 17.9 Å². The maximum atomic E-state index is 14.7. The molecular formula is C22H26F4N4O4. The van der Waals surface area contributed by atoms with Crippen LogP contribution in [0.1, 0.15) is 46.2 Å². The number of nitrogens with one attached hydrogen (secondary N) is 1. The highest BCUT2D eigenvalue weighted by molar-refractivity contribution is 5.89. The smallest absolute Gasteiger partial charge is 0.447 e. The van der Waals surface area contributed by atoms with Crippen LogP contribution in [0.15, 0.2) is 30.5 Å². The molecule has 3 rings (SSSR count). The van der Waals surface area contributed by atoms with E-state index in [9.17, 15) is 22.4 Å². The lowest BCUT2D eigenvalue weighted by atomic mass is 10.1. The lowest BCUT2D eigenvalue weighted by Gasteiger charge is -2.31. The molecule has 0 radical (unpaired) electrons. The van der Waals surface area contributed by atoms with E-state index < -0.39 is 42.1 Å². The van der Waals surface area contributed by atoms with Crippen molar-refractivity contribution in [2.24, 2.45) is 0 Å². The van der Waals surface area contributed by atoms with Gasteiger partial charge in [0.05, 0.1) is 23.9 Å². The van der Waals surface area contributed by atoms with E-state index in [0.717, 1.165) is 11.1 Å². The molecule has 0 bridgehead atoms. The van der Waals surface area contributed by atoms with Crippen molar-refractivity contribution in [1.29, 1.82) is 0 Å². The Morgan fingerprint density at radius 1 is 1.24 bits per heavy atom. The molecule has 0 aliphatic carbocycles. The average molecular weight is 486 g/mol. The summed E-state index contributed by atoms with van der Waals surface area (Å²) in [4.78, 5) is 21.5. The number of cyclic esters (lactones) is 1. The normalized spacial score (nSPS) is 18.4. The van der Waals surface area contributed by atoms with Crippen LogP contribution in [0.5, 0.6) is 5.75 Å². The highest BCUT2D eigenvalue weighted by atomic mass is 19.4. The molecule has 0 saturated carbocycles. The molecule has 1 aromatic heterocycles. The van der Waals surface area contributed by atoms with Gasteiger partial charge >= 0.3 is 12.5 Å². The third kappa shape index (κ3) is 6.46. The molecular weight excluding hydrogens is 460 g/mol. The Hall–Kier alpha value is -3.15. The molecule has 1 aromatic carbocycles. The highest BCUT2D eigenvalue weighted by Crippen LogP contribution is 2.30. The second-order valence-electron chi connectivity index (χ2n) is 8.80. The number of alkyl halides is 3. The Labute approximate surface area is 194 Å². The fourth-order valence-electron chi connectivity index (χ4n) is 3.52. The second-order valence-corrected chi connectivity index (χ2v) is 8.80. The number of carbonyl (C=O) groups is 1. The van der Waals surface area contributed by atoms with Crippen LogP contribution in [0.25, 0.3) is 0 Å². The van der Waals surface area contributed by atoms with E-state index in [4.69, 9.17) is 9.47 Å². The maximum absolute atomic E-state index is 14.7. The first-order valence-electron chi connectivity index (χ1n) is 10.5. The van der Waals surface area contributed by atoms with E-state index in [1.54, 1.807) is 19.9 Å². The largest absolute Gasteiger partial charge is 0.573 e. The summed E-state index contributed by atoms with van der Waals surface area (Å²) in [6.45, 7) is 8.97. The van der Waals surface area contributed by atoms with Gasteiger partial charge in [-0.1, -0.05) is 12.1 Å². The fourth-order valence-corrected chi connectivity index (χ4v) is 3.52.